The van der Waals surface area contributed by atoms with Crippen molar-refractivity contribution >= 4 is 22.6 Å². The van der Waals surface area contributed by atoms with Crippen LogP contribution in [0.25, 0.3) is 16.7 Å². The zero-order valence-corrected chi connectivity index (χ0v) is 16.4. The third-order valence-electron chi connectivity index (χ3n) is 4.84. The number of hydrogen-bond acceptors (Lipinski definition) is 4. The molecule has 0 aliphatic carbocycles. The first-order valence-corrected chi connectivity index (χ1v) is 9.22. The van der Waals surface area contributed by atoms with Gasteiger partial charge in [0, 0.05) is 23.2 Å². The monoisotopic (exact) mass is 427 g/mol. The second kappa shape index (κ2) is 7.42. The molecule has 0 spiro atoms. The fourth-order valence-electron chi connectivity index (χ4n) is 3.37. The van der Waals surface area contributed by atoms with Crippen LogP contribution in [-0.2, 0) is 6.18 Å². The van der Waals surface area contributed by atoms with Crippen molar-refractivity contribution in [2.45, 2.75) is 20.0 Å². The Labute approximate surface area is 173 Å². The van der Waals surface area contributed by atoms with E-state index in [1.54, 1.807) is 38.1 Å². The summed E-state index contributed by atoms with van der Waals surface area (Å²) in [5.41, 5.74) is -0.489. The Hall–Kier alpha value is -3.88. The number of amides is 1. The number of hydrogen-bond donors (Lipinski definition) is 1. The van der Waals surface area contributed by atoms with Crippen LogP contribution >= 0.6 is 0 Å². The predicted molar refractivity (Wildman–Crippen MR) is 108 cm³/mol. The Morgan fingerprint density at radius 1 is 1.06 bits per heavy atom. The molecule has 158 valence electrons. The van der Waals surface area contributed by atoms with Gasteiger partial charge in [-0.05, 0) is 43.2 Å². The van der Waals surface area contributed by atoms with Gasteiger partial charge in [0.1, 0.15) is 5.58 Å². The van der Waals surface area contributed by atoms with E-state index in [1.807, 2.05) is 0 Å². The summed E-state index contributed by atoms with van der Waals surface area (Å²) < 4.78 is 47.4. The van der Waals surface area contributed by atoms with Gasteiger partial charge in [-0.2, -0.15) is 18.3 Å². The molecule has 0 unspecified atom stereocenters. The van der Waals surface area contributed by atoms with Crippen molar-refractivity contribution in [3.05, 3.63) is 87.5 Å². The number of benzene rings is 2. The van der Waals surface area contributed by atoms with Crippen LogP contribution in [0.1, 0.15) is 27.2 Å². The number of alkyl halides is 3. The highest BCUT2D eigenvalue weighted by molar-refractivity contribution is 6.06. The molecule has 0 aliphatic rings. The molecule has 0 bridgehead atoms. The molecule has 2 aromatic carbocycles. The van der Waals surface area contributed by atoms with E-state index >= 15 is 0 Å². The highest BCUT2D eigenvalue weighted by Crippen LogP contribution is 2.34. The van der Waals surface area contributed by atoms with Crippen LogP contribution in [0.3, 0.4) is 0 Å². The number of halogens is 3. The summed E-state index contributed by atoms with van der Waals surface area (Å²) in [4.78, 5) is 24.3. The van der Waals surface area contributed by atoms with E-state index in [4.69, 9.17) is 4.42 Å². The van der Waals surface area contributed by atoms with Gasteiger partial charge < -0.3 is 9.73 Å². The van der Waals surface area contributed by atoms with Gasteiger partial charge in [-0.1, -0.05) is 18.2 Å². The minimum absolute atomic E-state index is 0.183. The number of aryl methyl sites for hydroxylation is 2. The summed E-state index contributed by atoms with van der Waals surface area (Å²) in [7, 11) is 0. The SMILES string of the molecule is Cc1ccccc1-n1ncc(C(=O)Nc2ccc3c(C)cc(=O)oc3c2)c1C(F)(F)F. The second-order valence-electron chi connectivity index (χ2n) is 7.02. The highest BCUT2D eigenvalue weighted by atomic mass is 19.4. The molecule has 1 amide bonds. The summed E-state index contributed by atoms with van der Waals surface area (Å²) in [5.74, 6) is -0.985. The van der Waals surface area contributed by atoms with Gasteiger partial charge in [0.25, 0.3) is 5.91 Å². The number of nitrogens with one attached hydrogen (secondary N) is 1. The number of anilines is 1. The lowest BCUT2D eigenvalue weighted by molar-refractivity contribution is -0.143. The molecular formula is C22H16F3N3O3. The first-order chi connectivity index (χ1) is 14.6. The van der Waals surface area contributed by atoms with E-state index in [0.29, 0.717) is 21.2 Å². The van der Waals surface area contributed by atoms with Crippen molar-refractivity contribution in [1.82, 2.24) is 9.78 Å². The third-order valence-corrected chi connectivity index (χ3v) is 4.84. The molecule has 0 fully saturated rings. The van der Waals surface area contributed by atoms with Crippen LogP contribution in [0.4, 0.5) is 18.9 Å². The molecule has 0 saturated heterocycles. The van der Waals surface area contributed by atoms with Gasteiger partial charge in [0.05, 0.1) is 17.4 Å². The molecule has 0 aliphatic heterocycles. The Balaban J connectivity index is 1.75. The molecule has 0 saturated carbocycles. The van der Waals surface area contributed by atoms with Crippen LogP contribution in [0.5, 0.6) is 0 Å². The van der Waals surface area contributed by atoms with Crippen LogP contribution in [-0.4, -0.2) is 15.7 Å². The average molecular weight is 427 g/mol. The fraction of sp³-hybridized carbons (Fsp3) is 0.136. The highest BCUT2D eigenvalue weighted by Gasteiger charge is 2.40. The van der Waals surface area contributed by atoms with Gasteiger partial charge >= 0.3 is 11.8 Å². The molecule has 4 rings (SSSR count). The number of nitrogens with zero attached hydrogens (tertiary/aromatic N) is 2. The minimum atomic E-state index is -4.82. The number of rotatable bonds is 3. The Morgan fingerprint density at radius 3 is 2.52 bits per heavy atom. The van der Waals surface area contributed by atoms with Crippen LogP contribution in [0, 0.1) is 13.8 Å². The van der Waals surface area contributed by atoms with Crippen molar-refractivity contribution < 1.29 is 22.4 Å². The van der Waals surface area contributed by atoms with Crippen molar-refractivity contribution in [1.29, 1.82) is 0 Å². The molecule has 1 N–H and O–H groups in total. The summed E-state index contributed by atoms with van der Waals surface area (Å²) in [6, 6.07) is 12.3. The van der Waals surface area contributed by atoms with Crippen molar-refractivity contribution in [3.63, 3.8) is 0 Å². The minimum Gasteiger partial charge on any atom is -0.423 e. The first kappa shape index (κ1) is 20.4. The van der Waals surface area contributed by atoms with E-state index in [9.17, 15) is 22.8 Å². The third kappa shape index (κ3) is 3.81. The predicted octanol–water partition coefficient (Wildman–Crippen LogP) is 4.87. The van der Waals surface area contributed by atoms with Gasteiger partial charge in [0.15, 0.2) is 5.69 Å². The average Bonchev–Trinajstić information content (AvgIpc) is 3.13. The summed E-state index contributed by atoms with van der Waals surface area (Å²) in [5, 5.41) is 6.91. The maximum absolute atomic E-state index is 13.9. The fourth-order valence-corrected chi connectivity index (χ4v) is 3.37. The van der Waals surface area contributed by atoms with Crippen LogP contribution in [0.15, 0.2) is 63.9 Å². The Morgan fingerprint density at radius 2 is 1.81 bits per heavy atom. The largest absolute Gasteiger partial charge is 0.434 e. The van der Waals surface area contributed by atoms with E-state index < -0.39 is 29.0 Å². The molecule has 0 radical (unpaired) electrons. The van der Waals surface area contributed by atoms with Gasteiger partial charge in [-0.3, -0.25) is 4.79 Å². The van der Waals surface area contributed by atoms with E-state index in [0.717, 1.165) is 6.20 Å². The van der Waals surface area contributed by atoms with E-state index in [1.165, 1.54) is 24.3 Å². The number of fused-ring (bicyclic) bond motifs is 1. The van der Waals surface area contributed by atoms with Gasteiger partial charge in [-0.25, -0.2) is 9.48 Å². The van der Waals surface area contributed by atoms with Gasteiger partial charge in [0.2, 0.25) is 0 Å². The number of carbonyl (C=O) groups excluding carboxylic acids is 1. The zero-order valence-electron chi connectivity index (χ0n) is 16.4. The standard InChI is InChI=1S/C22H16F3N3O3/c1-12-5-3-4-6-17(12)28-20(22(23,24)25)16(11-26-28)21(30)27-14-7-8-15-13(2)9-19(29)31-18(15)10-14/h3-11H,1-2H3,(H,27,30). The van der Waals surface area contributed by atoms with E-state index in [2.05, 4.69) is 10.4 Å². The zero-order chi connectivity index (χ0) is 22.3. The van der Waals surface area contributed by atoms with Crippen molar-refractivity contribution in [2.75, 3.05) is 5.32 Å². The quantitative estimate of drug-likeness (QED) is 0.474. The molecule has 2 aromatic heterocycles. The molecule has 31 heavy (non-hydrogen) atoms. The van der Waals surface area contributed by atoms with Crippen molar-refractivity contribution in [3.8, 4) is 5.69 Å². The molecule has 4 aromatic rings. The summed E-state index contributed by atoms with van der Waals surface area (Å²) >= 11 is 0. The number of aromatic nitrogens is 2. The van der Waals surface area contributed by atoms with E-state index in [-0.39, 0.29) is 17.0 Å². The molecule has 2 heterocycles. The molecule has 9 heteroatoms. The molecular weight excluding hydrogens is 411 g/mol. The van der Waals surface area contributed by atoms with Crippen LogP contribution in [0.2, 0.25) is 0 Å². The molecule has 6 nitrogen and oxygen atoms in total. The van der Waals surface area contributed by atoms with Crippen LogP contribution < -0.4 is 10.9 Å². The lowest BCUT2D eigenvalue weighted by Crippen LogP contribution is -2.21. The smallest absolute Gasteiger partial charge is 0.423 e. The number of para-hydroxylation sites is 1. The first-order valence-electron chi connectivity index (χ1n) is 9.22. The Bertz CT molecular complexity index is 1370. The maximum Gasteiger partial charge on any atom is 0.434 e. The number of carbonyl (C=O) groups is 1. The summed E-state index contributed by atoms with van der Waals surface area (Å²) in [6.45, 7) is 3.38. The lowest BCUT2D eigenvalue weighted by atomic mass is 10.1. The topological polar surface area (TPSA) is 77.1 Å². The second-order valence-corrected chi connectivity index (χ2v) is 7.02. The lowest BCUT2D eigenvalue weighted by Gasteiger charge is -2.14. The summed E-state index contributed by atoms with van der Waals surface area (Å²) in [6.07, 6.45) is -3.94. The molecule has 0 atom stereocenters. The Kier molecular flexibility index (Phi) is 4.88. The van der Waals surface area contributed by atoms with Gasteiger partial charge in [-0.15, -0.1) is 0 Å². The maximum atomic E-state index is 13.9. The normalized spacial score (nSPS) is 11.6. The van der Waals surface area contributed by atoms with Crippen molar-refractivity contribution in [2.24, 2.45) is 0 Å².